The number of carboxylic acids is 1. The van der Waals surface area contributed by atoms with Gasteiger partial charge in [-0.2, -0.15) is 0 Å². The second-order valence-electron chi connectivity index (χ2n) is 4.96. The lowest BCUT2D eigenvalue weighted by atomic mass is 10.2. The smallest absolute Gasteiger partial charge is 0.341 e. The molecule has 0 fully saturated rings. The number of hydrogen-bond donors (Lipinski definition) is 2. The predicted octanol–water partition coefficient (Wildman–Crippen LogP) is 2.67. The molecule has 0 unspecified atom stereocenters. The van der Waals surface area contributed by atoms with E-state index >= 15 is 0 Å². The third kappa shape index (κ3) is 2.08. The lowest BCUT2D eigenvalue weighted by Gasteiger charge is -2.06. The van der Waals surface area contributed by atoms with Crippen LogP contribution in [0.3, 0.4) is 0 Å². The molecule has 2 heterocycles. The van der Waals surface area contributed by atoms with Gasteiger partial charge in [0.25, 0.3) is 0 Å². The number of anilines is 1. The summed E-state index contributed by atoms with van der Waals surface area (Å²) in [6.45, 7) is 2.71. The monoisotopic (exact) mass is 284 g/mol. The Bertz CT molecular complexity index is 838. The maximum Gasteiger partial charge on any atom is 0.341 e. The zero-order valence-electron chi connectivity index (χ0n) is 11.7. The van der Waals surface area contributed by atoms with Crippen LogP contribution in [-0.2, 0) is 6.54 Å². The Morgan fingerprint density at radius 2 is 1.95 bits per heavy atom. The van der Waals surface area contributed by atoms with Gasteiger partial charge in [0.05, 0.1) is 11.0 Å². The zero-order chi connectivity index (χ0) is 15.0. The van der Waals surface area contributed by atoms with Crippen LogP contribution in [0.1, 0.15) is 30.1 Å². The van der Waals surface area contributed by atoms with Crippen molar-refractivity contribution in [3.05, 3.63) is 29.8 Å². The molecule has 1 aromatic carbocycles. The number of nitrogens with zero attached hydrogens (tertiary/aromatic N) is 3. The first-order valence-corrected chi connectivity index (χ1v) is 6.91. The normalized spacial score (nSPS) is 11.3. The summed E-state index contributed by atoms with van der Waals surface area (Å²) in [5.74, 6) is -0.849. The van der Waals surface area contributed by atoms with Gasteiger partial charge in [-0.25, -0.2) is 14.8 Å². The molecule has 21 heavy (non-hydrogen) atoms. The van der Waals surface area contributed by atoms with Gasteiger partial charge in [0, 0.05) is 6.54 Å². The van der Waals surface area contributed by atoms with E-state index in [1.165, 1.54) is 0 Å². The number of hydrogen-bond acceptors (Lipinski definition) is 4. The fraction of sp³-hybridized carbons (Fsp3) is 0.267. The first kappa shape index (κ1) is 13.4. The molecule has 0 atom stereocenters. The van der Waals surface area contributed by atoms with Gasteiger partial charge in [-0.3, -0.25) is 0 Å². The first-order valence-electron chi connectivity index (χ1n) is 6.91. The Hall–Kier alpha value is -2.63. The van der Waals surface area contributed by atoms with Crippen LogP contribution in [0, 0.1) is 0 Å². The molecule has 0 aliphatic carbocycles. The summed E-state index contributed by atoms with van der Waals surface area (Å²) < 4.78 is 1.75. The molecule has 108 valence electrons. The van der Waals surface area contributed by atoms with Crippen LogP contribution in [0.15, 0.2) is 24.3 Å². The van der Waals surface area contributed by atoms with E-state index in [1.807, 2.05) is 24.3 Å². The highest BCUT2D eigenvalue weighted by atomic mass is 16.4. The number of carbonyl (C=O) groups is 1. The van der Waals surface area contributed by atoms with Crippen LogP contribution in [0.2, 0.25) is 0 Å². The van der Waals surface area contributed by atoms with E-state index in [0.717, 1.165) is 18.4 Å². The maximum atomic E-state index is 11.5. The third-order valence-electron chi connectivity index (χ3n) is 3.54. The van der Waals surface area contributed by atoms with Gasteiger partial charge in [-0.15, -0.1) is 0 Å². The average Bonchev–Trinajstić information content (AvgIpc) is 2.73. The number of unbranched alkanes of at least 4 members (excludes halogenated alkanes) is 1. The highest BCUT2D eigenvalue weighted by Gasteiger charge is 2.22. The largest absolute Gasteiger partial charge is 0.477 e. The van der Waals surface area contributed by atoms with Gasteiger partial charge in [0.2, 0.25) is 0 Å². The van der Waals surface area contributed by atoms with E-state index < -0.39 is 5.97 Å². The van der Waals surface area contributed by atoms with Crippen LogP contribution in [0.4, 0.5) is 5.82 Å². The summed E-state index contributed by atoms with van der Waals surface area (Å²) in [7, 11) is 0. The number of nitrogen functional groups attached to an aromatic ring is 1. The highest BCUT2D eigenvalue weighted by molar-refractivity contribution is 6.07. The Balaban J connectivity index is 2.36. The van der Waals surface area contributed by atoms with Crippen molar-refractivity contribution in [3.8, 4) is 0 Å². The second kappa shape index (κ2) is 5.05. The maximum absolute atomic E-state index is 11.5. The van der Waals surface area contributed by atoms with Gasteiger partial charge in [-0.05, 0) is 18.6 Å². The molecule has 3 N–H and O–H groups in total. The van der Waals surface area contributed by atoms with Crippen molar-refractivity contribution in [2.75, 3.05) is 5.73 Å². The van der Waals surface area contributed by atoms with Crippen molar-refractivity contribution in [2.24, 2.45) is 0 Å². The van der Waals surface area contributed by atoms with Crippen molar-refractivity contribution in [1.82, 2.24) is 14.5 Å². The molecule has 0 spiro atoms. The van der Waals surface area contributed by atoms with Crippen molar-refractivity contribution in [3.63, 3.8) is 0 Å². The quantitative estimate of drug-likeness (QED) is 0.768. The standard InChI is InChI=1S/C15H16N4O2/c1-2-3-8-19-13(16)11(15(20)21)12-14(19)18-10-7-5-4-6-9(10)17-12/h4-7H,2-3,8,16H2,1H3,(H,20,21). The minimum atomic E-state index is -1.07. The number of benzene rings is 1. The van der Waals surface area contributed by atoms with Gasteiger partial charge < -0.3 is 15.4 Å². The highest BCUT2D eigenvalue weighted by Crippen LogP contribution is 2.28. The molecule has 3 rings (SSSR count). The van der Waals surface area contributed by atoms with Gasteiger partial charge >= 0.3 is 5.97 Å². The van der Waals surface area contributed by atoms with Crippen LogP contribution < -0.4 is 5.73 Å². The van der Waals surface area contributed by atoms with E-state index in [1.54, 1.807) is 4.57 Å². The molecule has 0 bridgehead atoms. The van der Waals surface area contributed by atoms with Gasteiger partial charge in [0.1, 0.15) is 16.9 Å². The number of aromatic nitrogens is 3. The van der Waals surface area contributed by atoms with Crippen molar-refractivity contribution >= 4 is 34.0 Å². The molecule has 0 radical (unpaired) electrons. The lowest BCUT2D eigenvalue weighted by molar-refractivity contribution is 0.0700. The summed E-state index contributed by atoms with van der Waals surface area (Å²) in [5.41, 5.74) is 8.36. The van der Waals surface area contributed by atoms with Crippen molar-refractivity contribution < 1.29 is 9.90 Å². The number of aryl methyl sites for hydroxylation is 1. The average molecular weight is 284 g/mol. The van der Waals surface area contributed by atoms with E-state index in [2.05, 4.69) is 16.9 Å². The topological polar surface area (TPSA) is 94.0 Å². The molecule has 6 heteroatoms. The zero-order valence-corrected chi connectivity index (χ0v) is 11.7. The molecule has 2 aromatic heterocycles. The minimum Gasteiger partial charge on any atom is -0.477 e. The molecule has 6 nitrogen and oxygen atoms in total. The SMILES string of the molecule is CCCCn1c(N)c(C(=O)O)c2nc3ccccc3nc21. The molecule has 0 amide bonds. The third-order valence-corrected chi connectivity index (χ3v) is 3.54. The Kier molecular flexibility index (Phi) is 3.21. The Morgan fingerprint density at radius 3 is 2.57 bits per heavy atom. The van der Waals surface area contributed by atoms with Crippen molar-refractivity contribution in [1.29, 1.82) is 0 Å². The molecular weight excluding hydrogens is 268 g/mol. The van der Waals surface area contributed by atoms with E-state index in [0.29, 0.717) is 23.2 Å². The molecular formula is C15H16N4O2. The van der Waals surface area contributed by atoms with Crippen LogP contribution >= 0.6 is 0 Å². The lowest BCUT2D eigenvalue weighted by Crippen LogP contribution is -2.06. The predicted molar refractivity (Wildman–Crippen MR) is 81.3 cm³/mol. The molecule has 0 saturated heterocycles. The van der Waals surface area contributed by atoms with E-state index in [-0.39, 0.29) is 11.4 Å². The summed E-state index contributed by atoms with van der Waals surface area (Å²) in [6, 6.07) is 7.40. The molecule has 0 saturated carbocycles. The number of carboxylic acid groups (broad SMARTS) is 1. The number of aromatic carboxylic acids is 1. The van der Waals surface area contributed by atoms with Crippen LogP contribution in [0.25, 0.3) is 22.2 Å². The summed E-state index contributed by atoms with van der Waals surface area (Å²) in [6.07, 6.45) is 1.89. The fourth-order valence-corrected chi connectivity index (χ4v) is 2.47. The number of rotatable bonds is 4. The van der Waals surface area contributed by atoms with E-state index in [9.17, 15) is 9.90 Å². The van der Waals surface area contributed by atoms with Gasteiger partial charge in [-0.1, -0.05) is 25.5 Å². The summed E-state index contributed by atoms with van der Waals surface area (Å²) in [5, 5.41) is 9.41. The van der Waals surface area contributed by atoms with Crippen LogP contribution in [-0.4, -0.2) is 25.6 Å². The first-order chi connectivity index (χ1) is 10.1. The Morgan fingerprint density at radius 1 is 1.29 bits per heavy atom. The summed E-state index contributed by atoms with van der Waals surface area (Å²) in [4.78, 5) is 20.5. The van der Waals surface area contributed by atoms with Crippen molar-refractivity contribution in [2.45, 2.75) is 26.3 Å². The minimum absolute atomic E-state index is 0.0411. The fourth-order valence-electron chi connectivity index (χ4n) is 2.47. The van der Waals surface area contributed by atoms with Crippen LogP contribution in [0.5, 0.6) is 0 Å². The molecule has 0 aliphatic rings. The molecule has 0 aliphatic heterocycles. The number of fused-ring (bicyclic) bond motifs is 2. The number of nitrogens with two attached hydrogens (primary N) is 1. The molecule has 3 aromatic rings. The summed E-state index contributed by atoms with van der Waals surface area (Å²) >= 11 is 0. The van der Waals surface area contributed by atoms with E-state index in [4.69, 9.17) is 5.73 Å². The number of para-hydroxylation sites is 2. The second-order valence-corrected chi connectivity index (χ2v) is 4.96. The Labute approximate surface area is 121 Å². The van der Waals surface area contributed by atoms with Gasteiger partial charge in [0.15, 0.2) is 5.65 Å².